The molecule has 2 aromatic rings. The molecular weight excluding hydrogens is 347 g/mol. The second-order valence-corrected chi connectivity index (χ2v) is 14.2. The van der Waals surface area contributed by atoms with Gasteiger partial charge in [0.2, 0.25) is 0 Å². The largest absolute Gasteiger partial charge is 0.333 e. The molecule has 2 aromatic carbocycles. The molecular formula is C23H31BO2Si. The standard InChI is InChI=1S/C23H31BO2Si/c1-16(2)27(17(3)4,18(5)6)14-13-20-10-7-9-19-11-8-12-21(23(19)20)22-15-25-26-24-22/h7-12,16-18,22,24H,15H2,1-6H3. The van der Waals surface area contributed by atoms with Gasteiger partial charge in [0.1, 0.15) is 8.07 Å². The van der Waals surface area contributed by atoms with E-state index in [0.717, 1.165) is 5.56 Å². The van der Waals surface area contributed by atoms with Gasteiger partial charge in [0.15, 0.2) is 0 Å². The minimum atomic E-state index is -1.76. The van der Waals surface area contributed by atoms with Crippen LogP contribution in [0.3, 0.4) is 0 Å². The zero-order valence-corrected chi connectivity index (χ0v) is 18.5. The van der Waals surface area contributed by atoms with Crippen LogP contribution in [0.15, 0.2) is 36.4 Å². The molecule has 0 amide bonds. The van der Waals surface area contributed by atoms with Crippen molar-refractivity contribution >= 4 is 26.3 Å². The molecule has 0 N–H and O–H groups in total. The van der Waals surface area contributed by atoms with E-state index >= 15 is 0 Å². The molecule has 0 spiro atoms. The molecule has 0 saturated carbocycles. The van der Waals surface area contributed by atoms with E-state index in [-0.39, 0.29) is 5.82 Å². The highest BCUT2D eigenvalue weighted by atomic mass is 28.3. The van der Waals surface area contributed by atoms with Gasteiger partial charge in [-0.1, -0.05) is 77.8 Å². The van der Waals surface area contributed by atoms with Crippen molar-refractivity contribution < 1.29 is 9.69 Å². The predicted molar refractivity (Wildman–Crippen MR) is 119 cm³/mol. The molecule has 27 heavy (non-hydrogen) atoms. The van der Waals surface area contributed by atoms with E-state index in [1.165, 1.54) is 16.3 Å². The van der Waals surface area contributed by atoms with E-state index in [4.69, 9.17) is 9.69 Å². The first-order valence-corrected chi connectivity index (χ1v) is 12.4. The smallest absolute Gasteiger partial charge is 0.309 e. The van der Waals surface area contributed by atoms with Crippen LogP contribution in [0.4, 0.5) is 0 Å². The fraction of sp³-hybridized carbons (Fsp3) is 0.478. The van der Waals surface area contributed by atoms with Crippen molar-refractivity contribution in [1.82, 2.24) is 0 Å². The van der Waals surface area contributed by atoms with Crippen molar-refractivity contribution in [2.75, 3.05) is 6.61 Å². The van der Waals surface area contributed by atoms with E-state index < -0.39 is 8.07 Å². The zero-order valence-electron chi connectivity index (χ0n) is 17.5. The molecule has 142 valence electrons. The highest BCUT2D eigenvalue weighted by molar-refractivity contribution is 6.90. The summed E-state index contributed by atoms with van der Waals surface area (Å²) >= 11 is 0. The molecule has 1 aliphatic rings. The average Bonchev–Trinajstić information content (AvgIpc) is 3.15. The van der Waals surface area contributed by atoms with Gasteiger partial charge < -0.3 is 4.81 Å². The molecule has 1 unspecified atom stereocenters. The Kier molecular flexibility index (Phi) is 6.15. The number of fused-ring (bicyclic) bond motifs is 1. The third-order valence-corrected chi connectivity index (χ3v) is 12.6. The summed E-state index contributed by atoms with van der Waals surface area (Å²) in [5, 5.41) is 2.52. The topological polar surface area (TPSA) is 18.5 Å². The Morgan fingerprint density at radius 3 is 2.15 bits per heavy atom. The summed E-state index contributed by atoms with van der Waals surface area (Å²) in [4.78, 5) is 10.4. The van der Waals surface area contributed by atoms with Crippen molar-refractivity contribution in [3.05, 3.63) is 47.5 Å². The minimum Gasteiger partial charge on any atom is -0.309 e. The van der Waals surface area contributed by atoms with Gasteiger partial charge in [-0.25, -0.2) is 0 Å². The van der Waals surface area contributed by atoms with Crippen molar-refractivity contribution in [2.45, 2.75) is 64.0 Å². The van der Waals surface area contributed by atoms with E-state index in [0.29, 0.717) is 30.7 Å². The molecule has 1 aliphatic heterocycles. The predicted octanol–water partition coefficient (Wildman–Crippen LogP) is 5.76. The van der Waals surface area contributed by atoms with Crippen molar-refractivity contribution in [2.24, 2.45) is 0 Å². The minimum absolute atomic E-state index is 0.277. The summed E-state index contributed by atoms with van der Waals surface area (Å²) in [6, 6.07) is 13.0. The number of benzene rings is 2. The van der Waals surface area contributed by atoms with Crippen LogP contribution >= 0.6 is 0 Å². The van der Waals surface area contributed by atoms with Crippen molar-refractivity contribution in [1.29, 1.82) is 0 Å². The van der Waals surface area contributed by atoms with E-state index in [2.05, 4.69) is 89.4 Å². The molecule has 0 radical (unpaired) electrons. The lowest BCUT2D eigenvalue weighted by atomic mass is 9.74. The monoisotopic (exact) mass is 378 g/mol. The Balaban J connectivity index is 2.17. The molecule has 1 saturated heterocycles. The highest BCUT2D eigenvalue weighted by Gasteiger charge is 2.41. The maximum atomic E-state index is 5.18. The lowest BCUT2D eigenvalue weighted by molar-refractivity contribution is -0.183. The molecule has 0 bridgehead atoms. The number of hydrogen-bond acceptors (Lipinski definition) is 2. The van der Waals surface area contributed by atoms with Gasteiger partial charge in [-0.3, -0.25) is 4.89 Å². The van der Waals surface area contributed by atoms with Crippen LogP contribution in [0.1, 0.15) is 58.5 Å². The molecule has 4 heteroatoms. The Morgan fingerprint density at radius 1 is 0.963 bits per heavy atom. The first kappa shape index (κ1) is 20.2. The molecule has 3 rings (SSSR count). The first-order chi connectivity index (χ1) is 12.9. The third kappa shape index (κ3) is 3.74. The Morgan fingerprint density at radius 2 is 1.59 bits per heavy atom. The summed E-state index contributed by atoms with van der Waals surface area (Å²) in [5.74, 6) is 3.94. The Bertz CT molecular complexity index is 831. The summed E-state index contributed by atoms with van der Waals surface area (Å²) in [7, 11) is -1.14. The summed E-state index contributed by atoms with van der Waals surface area (Å²) in [6.07, 6.45) is 0. The van der Waals surface area contributed by atoms with Crippen molar-refractivity contribution in [3.8, 4) is 11.5 Å². The number of rotatable bonds is 4. The maximum absolute atomic E-state index is 5.18. The Labute approximate surface area is 165 Å². The molecule has 1 fully saturated rings. The van der Waals surface area contributed by atoms with Crippen LogP contribution in [0, 0.1) is 11.5 Å². The highest BCUT2D eigenvalue weighted by Crippen LogP contribution is 2.41. The SMILES string of the molecule is CC(C)[Si](C#Cc1cccc2cccc(C3BOOC3)c12)(C(C)C)C(C)C. The lowest BCUT2D eigenvalue weighted by Gasteiger charge is -2.38. The van der Waals surface area contributed by atoms with Crippen LogP contribution in [-0.2, 0) is 9.69 Å². The van der Waals surface area contributed by atoms with E-state index in [9.17, 15) is 0 Å². The van der Waals surface area contributed by atoms with Gasteiger partial charge >= 0.3 is 7.48 Å². The van der Waals surface area contributed by atoms with Crippen molar-refractivity contribution in [3.63, 3.8) is 0 Å². The second-order valence-electron chi connectivity index (χ2n) is 8.66. The fourth-order valence-electron chi connectivity index (χ4n) is 4.91. The second kappa shape index (κ2) is 8.22. The van der Waals surface area contributed by atoms with E-state index in [1.54, 1.807) is 0 Å². The lowest BCUT2D eigenvalue weighted by Crippen LogP contribution is -2.43. The molecule has 1 atom stereocenters. The Hall–Kier alpha value is -1.54. The summed E-state index contributed by atoms with van der Waals surface area (Å²) in [5.41, 5.74) is 8.23. The van der Waals surface area contributed by atoms with Gasteiger partial charge in [-0.15, -0.1) is 5.54 Å². The number of hydrogen-bond donors (Lipinski definition) is 0. The quantitative estimate of drug-likeness (QED) is 0.382. The van der Waals surface area contributed by atoms with E-state index in [1.807, 2.05) is 0 Å². The third-order valence-electron chi connectivity index (χ3n) is 6.28. The van der Waals surface area contributed by atoms with Crippen LogP contribution in [0.2, 0.25) is 16.6 Å². The van der Waals surface area contributed by atoms with Gasteiger partial charge in [0, 0.05) is 16.8 Å². The zero-order chi connectivity index (χ0) is 19.6. The van der Waals surface area contributed by atoms with Gasteiger partial charge in [-0.2, -0.15) is 0 Å². The summed E-state index contributed by atoms with van der Waals surface area (Å²) < 4.78 is 0. The molecule has 0 aliphatic carbocycles. The van der Waals surface area contributed by atoms with Crippen LogP contribution < -0.4 is 0 Å². The molecule has 0 aromatic heterocycles. The van der Waals surface area contributed by atoms with Crippen LogP contribution in [0.25, 0.3) is 10.8 Å². The van der Waals surface area contributed by atoms with Crippen LogP contribution in [-0.4, -0.2) is 22.2 Å². The normalized spacial score (nSPS) is 17.4. The fourth-order valence-corrected chi connectivity index (χ4v) is 10.1. The first-order valence-electron chi connectivity index (χ1n) is 10.2. The molecule has 2 nitrogen and oxygen atoms in total. The molecule has 1 heterocycles. The van der Waals surface area contributed by atoms with Crippen LogP contribution in [0.5, 0.6) is 0 Å². The van der Waals surface area contributed by atoms with Gasteiger partial charge in [-0.05, 0) is 33.6 Å². The average molecular weight is 378 g/mol. The maximum Gasteiger partial charge on any atom is 0.333 e. The van der Waals surface area contributed by atoms with Gasteiger partial charge in [0.05, 0.1) is 6.61 Å². The van der Waals surface area contributed by atoms with Gasteiger partial charge in [0.25, 0.3) is 0 Å². The summed E-state index contributed by atoms with van der Waals surface area (Å²) in [6.45, 7) is 14.8.